The summed E-state index contributed by atoms with van der Waals surface area (Å²) in [6.45, 7) is 1.94. The summed E-state index contributed by atoms with van der Waals surface area (Å²) in [5.41, 5.74) is 2.26. The van der Waals surface area contributed by atoms with Crippen molar-refractivity contribution < 1.29 is 14.3 Å². The van der Waals surface area contributed by atoms with Crippen LogP contribution in [0.4, 0.5) is 4.39 Å². The second kappa shape index (κ2) is 4.96. The van der Waals surface area contributed by atoms with Gasteiger partial charge in [0.15, 0.2) is 0 Å². The maximum atomic E-state index is 13.5. The highest BCUT2D eigenvalue weighted by Crippen LogP contribution is 2.31. The Kier molecular flexibility index (Phi) is 3.25. The molecule has 0 radical (unpaired) electrons. The van der Waals surface area contributed by atoms with Crippen LogP contribution in [0.3, 0.4) is 0 Å². The predicted molar refractivity (Wildman–Crippen MR) is 80.9 cm³/mol. The van der Waals surface area contributed by atoms with E-state index < -0.39 is 11.8 Å². The van der Waals surface area contributed by atoms with Crippen LogP contribution in [0.25, 0.3) is 22.4 Å². The number of H-pyrrole nitrogens is 1. The van der Waals surface area contributed by atoms with Gasteiger partial charge in [-0.25, -0.2) is 14.2 Å². The Morgan fingerprint density at radius 1 is 1.38 bits per heavy atom. The molecule has 0 fully saturated rings. The highest BCUT2D eigenvalue weighted by atomic mass is 79.9. The minimum Gasteiger partial charge on any atom is -0.478 e. The Bertz CT molecular complexity index is 873. The number of hydrogen-bond donors (Lipinski definition) is 2. The lowest BCUT2D eigenvalue weighted by Crippen LogP contribution is -1.98. The third-order valence-corrected chi connectivity index (χ3v) is 4.28. The second-order valence-electron chi connectivity index (χ2n) is 4.68. The van der Waals surface area contributed by atoms with Crippen LogP contribution in [0.15, 0.2) is 34.8 Å². The molecule has 1 aromatic heterocycles. The van der Waals surface area contributed by atoms with Crippen molar-refractivity contribution in [2.24, 2.45) is 0 Å². The van der Waals surface area contributed by atoms with E-state index in [0.717, 1.165) is 21.7 Å². The SMILES string of the molecule is Cc1cccc(-c2nc3c(C(=O)O)cc(F)cc3[nH]2)c1Br. The lowest BCUT2D eigenvalue weighted by atomic mass is 10.1. The summed E-state index contributed by atoms with van der Waals surface area (Å²) < 4.78 is 14.4. The van der Waals surface area contributed by atoms with E-state index in [-0.39, 0.29) is 11.1 Å². The number of aromatic nitrogens is 2. The van der Waals surface area contributed by atoms with Gasteiger partial charge in [-0.3, -0.25) is 0 Å². The summed E-state index contributed by atoms with van der Waals surface area (Å²) in [5.74, 6) is -1.33. The fourth-order valence-corrected chi connectivity index (χ4v) is 2.66. The van der Waals surface area contributed by atoms with Gasteiger partial charge in [0.1, 0.15) is 17.2 Å². The Balaban J connectivity index is 2.29. The first-order valence-electron chi connectivity index (χ1n) is 6.15. The molecule has 106 valence electrons. The van der Waals surface area contributed by atoms with Crippen molar-refractivity contribution in [3.8, 4) is 11.4 Å². The standard InChI is InChI=1S/C15H10BrFN2O2/c1-7-3-2-4-9(12(7)16)14-18-11-6-8(17)5-10(15(20)21)13(11)19-14/h2-6H,1H3,(H,18,19)(H,20,21). The molecule has 4 nitrogen and oxygen atoms in total. The van der Waals surface area contributed by atoms with Crippen LogP contribution in [0, 0.1) is 12.7 Å². The molecule has 0 saturated carbocycles. The number of carbonyl (C=O) groups is 1. The Labute approximate surface area is 127 Å². The summed E-state index contributed by atoms with van der Waals surface area (Å²) in [7, 11) is 0. The number of hydrogen-bond acceptors (Lipinski definition) is 2. The third-order valence-electron chi connectivity index (χ3n) is 3.23. The molecule has 0 aliphatic carbocycles. The molecule has 2 aromatic carbocycles. The van der Waals surface area contributed by atoms with Crippen LogP contribution in [-0.2, 0) is 0 Å². The number of imidazole rings is 1. The highest BCUT2D eigenvalue weighted by Gasteiger charge is 2.17. The van der Waals surface area contributed by atoms with Crippen LogP contribution >= 0.6 is 15.9 Å². The molecule has 0 aliphatic rings. The summed E-state index contributed by atoms with van der Waals surface area (Å²) in [6, 6.07) is 7.88. The number of aromatic amines is 1. The largest absolute Gasteiger partial charge is 0.478 e. The topological polar surface area (TPSA) is 66.0 Å². The zero-order valence-electron chi connectivity index (χ0n) is 10.9. The summed E-state index contributed by atoms with van der Waals surface area (Å²) in [6.07, 6.45) is 0. The average Bonchev–Trinajstić information content (AvgIpc) is 2.84. The number of benzene rings is 2. The molecule has 0 spiro atoms. The fraction of sp³-hybridized carbons (Fsp3) is 0.0667. The maximum absolute atomic E-state index is 13.5. The number of aromatic carboxylic acids is 1. The molecule has 6 heteroatoms. The van der Waals surface area contributed by atoms with Gasteiger partial charge in [0.05, 0.1) is 11.1 Å². The average molecular weight is 349 g/mol. The van der Waals surface area contributed by atoms with E-state index in [0.29, 0.717) is 11.3 Å². The highest BCUT2D eigenvalue weighted by molar-refractivity contribution is 9.10. The van der Waals surface area contributed by atoms with Crippen LogP contribution < -0.4 is 0 Å². The molecule has 0 aliphatic heterocycles. The van der Waals surface area contributed by atoms with Gasteiger partial charge < -0.3 is 10.1 Å². The van der Waals surface area contributed by atoms with Crippen molar-refractivity contribution >= 4 is 32.9 Å². The number of aryl methyl sites for hydroxylation is 1. The number of halogens is 2. The zero-order chi connectivity index (χ0) is 15.1. The van der Waals surface area contributed by atoms with Crippen LogP contribution in [0.1, 0.15) is 15.9 Å². The Hall–Kier alpha value is -2.21. The molecule has 0 saturated heterocycles. The van der Waals surface area contributed by atoms with Gasteiger partial charge in [-0.1, -0.05) is 18.2 Å². The van der Waals surface area contributed by atoms with Gasteiger partial charge >= 0.3 is 5.97 Å². The van der Waals surface area contributed by atoms with Gasteiger partial charge in [0.25, 0.3) is 0 Å². The lowest BCUT2D eigenvalue weighted by molar-refractivity contribution is 0.0698. The zero-order valence-corrected chi connectivity index (χ0v) is 12.5. The predicted octanol–water partition coefficient (Wildman–Crippen LogP) is 4.14. The van der Waals surface area contributed by atoms with Crippen molar-refractivity contribution in [1.82, 2.24) is 9.97 Å². The van der Waals surface area contributed by atoms with E-state index in [1.807, 2.05) is 25.1 Å². The molecule has 3 rings (SSSR count). The van der Waals surface area contributed by atoms with Crippen molar-refractivity contribution in [2.45, 2.75) is 6.92 Å². The van der Waals surface area contributed by atoms with Crippen molar-refractivity contribution in [2.75, 3.05) is 0 Å². The minimum atomic E-state index is -1.21. The minimum absolute atomic E-state index is 0.156. The smallest absolute Gasteiger partial charge is 0.338 e. The molecule has 3 aromatic rings. The summed E-state index contributed by atoms with van der Waals surface area (Å²) >= 11 is 3.49. The number of fused-ring (bicyclic) bond motifs is 1. The van der Waals surface area contributed by atoms with Crippen molar-refractivity contribution in [3.63, 3.8) is 0 Å². The van der Waals surface area contributed by atoms with Gasteiger partial charge in [-0.05, 0) is 40.5 Å². The van der Waals surface area contributed by atoms with E-state index >= 15 is 0 Å². The van der Waals surface area contributed by atoms with E-state index in [1.54, 1.807) is 0 Å². The molecule has 0 amide bonds. The summed E-state index contributed by atoms with van der Waals surface area (Å²) in [4.78, 5) is 18.5. The lowest BCUT2D eigenvalue weighted by Gasteiger charge is -2.03. The molecular formula is C15H10BrFN2O2. The van der Waals surface area contributed by atoms with Gasteiger partial charge in [0.2, 0.25) is 0 Å². The maximum Gasteiger partial charge on any atom is 0.338 e. The van der Waals surface area contributed by atoms with Gasteiger partial charge in [0, 0.05) is 10.0 Å². The van der Waals surface area contributed by atoms with Crippen LogP contribution in [0.5, 0.6) is 0 Å². The second-order valence-corrected chi connectivity index (χ2v) is 5.47. The number of nitrogens with zero attached hydrogens (tertiary/aromatic N) is 1. The molecule has 21 heavy (non-hydrogen) atoms. The Morgan fingerprint density at radius 2 is 2.14 bits per heavy atom. The first kappa shape index (κ1) is 13.8. The van der Waals surface area contributed by atoms with E-state index in [1.165, 1.54) is 6.07 Å². The molecule has 0 bridgehead atoms. The van der Waals surface area contributed by atoms with E-state index in [9.17, 15) is 9.18 Å². The van der Waals surface area contributed by atoms with Crippen molar-refractivity contribution in [3.05, 3.63) is 51.7 Å². The number of carboxylic acid groups (broad SMARTS) is 1. The number of nitrogens with one attached hydrogen (secondary N) is 1. The van der Waals surface area contributed by atoms with E-state index in [2.05, 4.69) is 25.9 Å². The van der Waals surface area contributed by atoms with Crippen molar-refractivity contribution in [1.29, 1.82) is 0 Å². The van der Waals surface area contributed by atoms with Crippen LogP contribution in [-0.4, -0.2) is 21.0 Å². The van der Waals surface area contributed by atoms with E-state index in [4.69, 9.17) is 5.11 Å². The first-order valence-corrected chi connectivity index (χ1v) is 6.94. The fourth-order valence-electron chi connectivity index (χ4n) is 2.20. The third kappa shape index (κ3) is 2.31. The first-order chi connectivity index (χ1) is 9.97. The van der Waals surface area contributed by atoms with Gasteiger partial charge in [-0.15, -0.1) is 0 Å². The van der Waals surface area contributed by atoms with Crippen LogP contribution in [0.2, 0.25) is 0 Å². The molecule has 2 N–H and O–H groups in total. The molecule has 0 atom stereocenters. The number of rotatable bonds is 2. The quantitative estimate of drug-likeness (QED) is 0.731. The normalized spacial score (nSPS) is 11.0. The Morgan fingerprint density at radius 3 is 2.86 bits per heavy atom. The molecule has 0 unspecified atom stereocenters. The molecule has 1 heterocycles. The summed E-state index contributed by atoms with van der Waals surface area (Å²) in [5, 5.41) is 9.16. The monoisotopic (exact) mass is 348 g/mol. The molecular weight excluding hydrogens is 339 g/mol. The number of carboxylic acids is 1. The van der Waals surface area contributed by atoms with Gasteiger partial charge in [-0.2, -0.15) is 0 Å².